The number of anilines is 2. The van der Waals surface area contributed by atoms with E-state index in [0.29, 0.717) is 5.69 Å². The Balaban J connectivity index is 2.95. The van der Waals surface area contributed by atoms with Crippen LogP contribution < -0.4 is 11.1 Å². The summed E-state index contributed by atoms with van der Waals surface area (Å²) in [6.07, 6.45) is 1.05. The Morgan fingerprint density at radius 1 is 1.30 bits per heavy atom. The van der Waals surface area contributed by atoms with E-state index in [2.05, 4.69) is 26.1 Å². The van der Waals surface area contributed by atoms with Gasteiger partial charge in [-0.05, 0) is 30.0 Å². The number of rotatable bonds is 6. The molecular formula is C14H25N3O2S. The van der Waals surface area contributed by atoms with Crippen molar-refractivity contribution in [2.24, 2.45) is 5.41 Å². The molecule has 1 rings (SSSR count). The maximum atomic E-state index is 12.0. The second-order valence-corrected chi connectivity index (χ2v) is 8.06. The molecule has 3 N–H and O–H groups in total. The van der Waals surface area contributed by atoms with Crippen LogP contribution in [0.15, 0.2) is 23.1 Å². The van der Waals surface area contributed by atoms with Crippen LogP contribution in [0.1, 0.15) is 27.2 Å². The number of nitrogens with zero attached hydrogens (tertiary/aromatic N) is 1. The van der Waals surface area contributed by atoms with Crippen molar-refractivity contribution in [2.75, 3.05) is 31.7 Å². The van der Waals surface area contributed by atoms with Gasteiger partial charge in [0.15, 0.2) is 0 Å². The molecule has 0 radical (unpaired) electrons. The molecule has 0 aliphatic carbocycles. The smallest absolute Gasteiger partial charge is 0.242 e. The average Bonchev–Trinajstić information content (AvgIpc) is 2.37. The molecule has 0 saturated carbocycles. The van der Waals surface area contributed by atoms with E-state index in [9.17, 15) is 8.42 Å². The monoisotopic (exact) mass is 299 g/mol. The lowest BCUT2D eigenvalue weighted by Gasteiger charge is -2.24. The summed E-state index contributed by atoms with van der Waals surface area (Å²) in [6, 6.07) is 4.79. The molecule has 0 aliphatic heterocycles. The van der Waals surface area contributed by atoms with E-state index in [0.717, 1.165) is 18.7 Å². The second kappa shape index (κ2) is 6.01. The summed E-state index contributed by atoms with van der Waals surface area (Å²) in [5.41, 5.74) is 7.32. The first kappa shape index (κ1) is 16.8. The highest BCUT2D eigenvalue weighted by Gasteiger charge is 2.19. The van der Waals surface area contributed by atoms with Crippen molar-refractivity contribution in [3.8, 4) is 0 Å². The zero-order valence-corrected chi connectivity index (χ0v) is 13.7. The summed E-state index contributed by atoms with van der Waals surface area (Å²) in [4.78, 5) is 0.209. The Morgan fingerprint density at radius 3 is 2.35 bits per heavy atom. The fourth-order valence-electron chi connectivity index (χ4n) is 1.53. The second-order valence-electron chi connectivity index (χ2n) is 5.91. The van der Waals surface area contributed by atoms with Crippen LogP contribution in [0.4, 0.5) is 11.4 Å². The van der Waals surface area contributed by atoms with Gasteiger partial charge in [-0.1, -0.05) is 20.8 Å². The molecule has 114 valence electrons. The lowest BCUT2D eigenvalue weighted by atomic mass is 9.90. The molecule has 0 unspecified atom stereocenters. The van der Waals surface area contributed by atoms with Gasteiger partial charge in [0.2, 0.25) is 10.0 Å². The molecule has 5 nitrogen and oxygen atoms in total. The maximum absolute atomic E-state index is 12.0. The summed E-state index contributed by atoms with van der Waals surface area (Å²) in [5, 5.41) is 3.28. The highest BCUT2D eigenvalue weighted by Crippen LogP contribution is 2.26. The largest absolute Gasteiger partial charge is 0.397 e. The predicted octanol–water partition coefficient (Wildman–Crippen LogP) is 2.37. The normalized spacial score (nSPS) is 12.7. The molecule has 0 aliphatic rings. The Hall–Kier alpha value is -1.27. The first-order valence-corrected chi connectivity index (χ1v) is 8.10. The number of sulfonamides is 1. The highest BCUT2D eigenvalue weighted by molar-refractivity contribution is 7.89. The van der Waals surface area contributed by atoms with Crippen molar-refractivity contribution < 1.29 is 8.42 Å². The first-order valence-electron chi connectivity index (χ1n) is 6.66. The van der Waals surface area contributed by atoms with Gasteiger partial charge in [-0.3, -0.25) is 0 Å². The van der Waals surface area contributed by atoms with Crippen LogP contribution in [0.25, 0.3) is 0 Å². The Morgan fingerprint density at radius 2 is 1.90 bits per heavy atom. The third-order valence-electron chi connectivity index (χ3n) is 3.52. The van der Waals surface area contributed by atoms with E-state index >= 15 is 0 Å². The minimum atomic E-state index is -3.44. The molecule has 1 aromatic rings. The highest BCUT2D eigenvalue weighted by atomic mass is 32.2. The lowest BCUT2D eigenvalue weighted by molar-refractivity contribution is 0.377. The van der Waals surface area contributed by atoms with Crippen molar-refractivity contribution in [1.82, 2.24) is 4.31 Å². The SMILES string of the molecule is CCC(C)(C)CNc1ccc(S(=O)(=O)N(C)C)cc1N. The maximum Gasteiger partial charge on any atom is 0.242 e. The van der Waals surface area contributed by atoms with Crippen LogP contribution >= 0.6 is 0 Å². The molecule has 0 heterocycles. The molecular weight excluding hydrogens is 274 g/mol. The van der Waals surface area contributed by atoms with Crippen molar-refractivity contribution in [3.63, 3.8) is 0 Å². The van der Waals surface area contributed by atoms with Crippen molar-refractivity contribution in [3.05, 3.63) is 18.2 Å². The topological polar surface area (TPSA) is 75.4 Å². The molecule has 0 fully saturated rings. The summed E-state index contributed by atoms with van der Waals surface area (Å²) < 4.78 is 25.2. The van der Waals surface area contributed by atoms with Gasteiger partial charge in [0.05, 0.1) is 16.3 Å². The Labute approximate surface area is 122 Å². The number of nitrogens with one attached hydrogen (secondary N) is 1. The molecule has 0 bridgehead atoms. The third-order valence-corrected chi connectivity index (χ3v) is 5.33. The lowest BCUT2D eigenvalue weighted by Crippen LogP contribution is -2.23. The van der Waals surface area contributed by atoms with Gasteiger partial charge in [0.25, 0.3) is 0 Å². The number of hydrogen-bond donors (Lipinski definition) is 2. The van der Waals surface area contributed by atoms with Gasteiger partial charge in [-0.25, -0.2) is 12.7 Å². The molecule has 20 heavy (non-hydrogen) atoms. The fourth-order valence-corrected chi connectivity index (χ4v) is 2.47. The van der Waals surface area contributed by atoms with E-state index in [1.165, 1.54) is 24.5 Å². The van der Waals surface area contributed by atoms with Gasteiger partial charge < -0.3 is 11.1 Å². The molecule has 0 atom stereocenters. The zero-order chi connectivity index (χ0) is 15.6. The molecule has 0 aromatic heterocycles. The summed E-state index contributed by atoms with van der Waals surface area (Å²) in [5.74, 6) is 0. The number of nitrogen functional groups attached to an aromatic ring is 1. The Kier molecular flexibility index (Phi) is 5.05. The molecule has 6 heteroatoms. The molecule has 0 spiro atoms. The minimum Gasteiger partial charge on any atom is -0.397 e. The van der Waals surface area contributed by atoms with Crippen molar-refractivity contribution in [2.45, 2.75) is 32.1 Å². The van der Waals surface area contributed by atoms with Gasteiger partial charge >= 0.3 is 0 Å². The van der Waals surface area contributed by atoms with E-state index < -0.39 is 10.0 Å². The van der Waals surface area contributed by atoms with Crippen molar-refractivity contribution >= 4 is 21.4 Å². The molecule has 1 aromatic carbocycles. The van der Waals surface area contributed by atoms with Crippen LogP contribution in [-0.4, -0.2) is 33.4 Å². The molecule has 0 saturated heterocycles. The van der Waals surface area contributed by atoms with E-state index in [1.54, 1.807) is 12.1 Å². The number of hydrogen-bond acceptors (Lipinski definition) is 4. The van der Waals surface area contributed by atoms with E-state index in [1.807, 2.05) is 0 Å². The third kappa shape index (κ3) is 3.86. The molecule has 0 amide bonds. The van der Waals surface area contributed by atoms with Crippen LogP contribution in [-0.2, 0) is 10.0 Å². The van der Waals surface area contributed by atoms with E-state index in [4.69, 9.17) is 5.73 Å². The van der Waals surface area contributed by atoms with Crippen LogP contribution in [0.3, 0.4) is 0 Å². The van der Waals surface area contributed by atoms with Crippen LogP contribution in [0.2, 0.25) is 0 Å². The standard InChI is InChI=1S/C14H25N3O2S/c1-6-14(2,3)10-16-13-8-7-11(9-12(13)15)20(18,19)17(4)5/h7-9,16H,6,10,15H2,1-5H3. The minimum absolute atomic E-state index is 0.167. The van der Waals surface area contributed by atoms with Gasteiger partial charge in [0.1, 0.15) is 0 Å². The fraction of sp³-hybridized carbons (Fsp3) is 0.571. The predicted molar refractivity (Wildman–Crippen MR) is 84.3 cm³/mol. The summed E-state index contributed by atoms with van der Waals surface area (Å²) >= 11 is 0. The van der Waals surface area contributed by atoms with Gasteiger partial charge in [-0.15, -0.1) is 0 Å². The van der Waals surface area contributed by atoms with Gasteiger partial charge in [-0.2, -0.15) is 0 Å². The first-order chi connectivity index (χ1) is 9.10. The van der Waals surface area contributed by atoms with Crippen molar-refractivity contribution in [1.29, 1.82) is 0 Å². The van der Waals surface area contributed by atoms with E-state index in [-0.39, 0.29) is 10.3 Å². The average molecular weight is 299 g/mol. The summed E-state index contributed by atoms with van der Waals surface area (Å²) in [7, 11) is -0.436. The number of benzene rings is 1. The van der Waals surface area contributed by atoms with Crippen LogP contribution in [0, 0.1) is 5.41 Å². The van der Waals surface area contributed by atoms with Gasteiger partial charge in [0, 0.05) is 20.6 Å². The zero-order valence-electron chi connectivity index (χ0n) is 12.9. The Bertz CT molecular complexity index is 566. The summed E-state index contributed by atoms with van der Waals surface area (Å²) in [6.45, 7) is 7.26. The quantitative estimate of drug-likeness (QED) is 0.791. The number of nitrogens with two attached hydrogens (primary N) is 1. The van der Waals surface area contributed by atoms with Crippen LogP contribution in [0.5, 0.6) is 0 Å².